The van der Waals surface area contributed by atoms with E-state index >= 15 is 0 Å². The van der Waals surface area contributed by atoms with Crippen LogP contribution in [0.5, 0.6) is 0 Å². The molecule has 6 bridgehead atoms. The van der Waals surface area contributed by atoms with Crippen molar-refractivity contribution < 1.29 is 49.7 Å². The van der Waals surface area contributed by atoms with Gasteiger partial charge in [0.25, 0.3) is 0 Å². The van der Waals surface area contributed by atoms with Gasteiger partial charge in [-0.2, -0.15) is 0 Å². The van der Waals surface area contributed by atoms with Crippen LogP contribution in [-0.4, -0.2) is 112 Å². The summed E-state index contributed by atoms with van der Waals surface area (Å²) in [5.41, 5.74) is -13.2. The first-order valence-electron chi connectivity index (χ1n) is 18.4. The van der Waals surface area contributed by atoms with Crippen molar-refractivity contribution in [3.05, 3.63) is 95.8 Å². The number of amides is 1. The molecule has 0 radical (unpaired) electrons. The molecule has 9 rings (SSSR count). The zero-order valence-corrected chi connectivity index (χ0v) is 31.3. The number of nitrogens with zero attached hydrogens (tertiary/aromatic N) is 1. The molecule has 3 aromatic rings. The SMILES string of the molecule is CC(C)[C@@]1(O)[C@@H](OC(=O)c2ccc[nH]2)[C@@]2(O)[C@@]3(C)C[C@]4(O)O[C@@]5([C@H](O)[C@@H](C)CC[C@]35O)[C@@]2(O)[C@@]14C.CN(C)C(=O)C(c1ccccc1)c1ccccc1. The van der Waals surface area contributed by atoms with Gasteiger partial charge in [0.05, 0.1) is 17.4 Å². The van der Waals surface area contributed by atoms with Crippen LogP contribution in [0.1, 0.15) is 81.4 Å². The molecule has 3 heterocycles. The van der Waals surface area contributed by atoms with Crippen LogP contribution in [0.2, 0.25) is 0 Å². The minimum Gasteiger partial charge on any atom is -0.451 e. The standard InChI is InChI=1S/C25H35NO9.C16H17NO/c1-12(2)22(31)17(34-16(28)14-7-6-10-26-14)23(32)18(4)11-21(30)19(22,5)25(23,33)24(35-21)15(27)13(3)8-9-20(18,24)29;1-17(2)16(18)15(13-9-5-3-6-10-13)14-11-7-4-8-12-14/h6-7,10,12-13,15,17,26-27,29-33H,8-9,11H2,1-5H3;3-12,15H,1-2H3/t13-,15+,17+,18-,19+,20-,21-,22+,23+,24+,25+;/m0./s1. The molecule has 2 saturated heterocycles. The molecule has 4 saturated carbocycles. The molecular weight excluding hydrogens is 680 g/mol. The molecule has 7 N–H and O–H groups in total. The van der Waals surface area contributed by atoms with Gasteiger partial charge < -0.3 is 50.0 Å². The lowest BCUT2D eigenvalue weighted by Crippen LogP contribution is -2.75. The Balaban J connectivity index is 0.000000204. The van der Waals surface area contributed by atoms with Gasteiger partial charge in [-0.05, 0) is 54.9 Å². The number of H-pyrrole nitrogens is 1. The first-order chi connectivity index (χ1) is 24.7. The van der Waals surface area contributed by atoms with E-state index in [-0.39, 0.29) is 30.4 Å². The number of nitrogens with one attached hydrogen (secondary N) is 1. The number of hydrogen-bond donors (Lipinski definition) is 7. The Hall–Kier alpha value is -3.62. The predicted molar refractivity (Wildman–Crippen MR) is 192 cm³/mol. The van der Waals surface area contributed by atoms with E-state index in [0.717, 1.165) is 11.1 Å². The molecule has 2 aromatic carbocycles. The number of esters is 1. The number of benzene rings is 2. The van der Waals surface area contributed by atoms with Crippen molar-refractivity contribution >= 4 is 11.9 Å². The lowest BCUT2D eigenvalue weighted by molar-refractivity contribution is -0.390. The molecule has 6 fully saturated rings. The molecule has 1 aromatic heterocycles. The molecule has 1 amide bonds. The maximum Gasteiger partial charge on any atom is 0.355 e. The van der Waals surface area contributed by atoms with E-state index in [2.05, 4.69) is 4.98 Å². The Morgan fingerprint density at radius 3 is 1.96 bits per heavy atom. The fraction of sp³-hybridized carbons (Fsp3) is 0.561. The van der Waals surface area contributed by atoms with Gasteiger partial charge in [0.2, 0.25) is 5.91 Å². The number of aliphatic hydroxyl groups is 6. The van der Waals surface area contributed by atoms with Gasteiger partial charge in [-0.25, -0.2) is 4.79 Å². The third-order valence-corrected chi connectivity index (χ3v) is 14.3. The van der Waals surface area contributed by atoms with Crippen LogP contribution in [0.25, 0.3) is 0 Å². The average Bonchev–Trinajstić information content (AvgIpc) is 3.75. The molecule has 11 atom stereocenters. The number of carbonyl (C=O) groups excluding carboxylic acids is 2. The number of rotatable bonds is 6. The van der Waals surface area contributed by atoms with Crippen molar-refractivity contribution in [2.24, 2.45) is 22.7 Å². The number of aromatic nitrogens is 1. The largest absolute Gasteiger partial charge is 0.451 e. The first kappa shape index (κ1) is 37.7. The second kappa shape index (κ2) is 11.7. The van der Waals surface area contributed by atoms with Crippen LogP contribution in [-0.2, 0) is 14.3 Å². The minimum atomic E-state index is -2.59. The molecule has 2 aliphatic heterocycles. The van der Waals surface area contributed by atoms with E-state index in [1.807, 2.05) is 60.7 Å². The Labute approximate surface area is 309 Å². The molecule has 0 unspecified atom stereocenters. The summed E-state index contributed by atoms with van der Waals surface area (Å²) in [5.74, 6) is -4.46. The third kappa shape index (κ3) is 4.00. The summed E-state index contributed by atoms with van der Waals surface area (Å²) in [4.78, 5) is 29.9. The van der Waals surface area contributed by atoms with E-state index in [0.29, 0.717) is 6.42 Å². The summed E-state index contributed by atoms with van der Waals surface area (Å²) >= 11 is 0. The quantitative estimate of drug-likeness (QED) is 0.186. The number of hydrogen-bond acceptors (Lipinski definition) is 10. The topological polar surface area (TPSA) is 193 Å². The molecule has 12 heteroatoms. The average molecular weight is 733 g/mol. The Morgan fingerprint density at radius 2 is 1.47 bits per heavy atom. The Bertz CT molecular complexity index is 1850. The van der Waals surface area contributed by atoms with Crippen LogP contribution >= 0.6 is 0 Å². The number of aliphatic hydroxyl groups excluding tert-OH is 1. The summed E-state index contributed by atoms with van der Waals surface area (Å²) in [6, 6.07) is 22.9. The second-order valence-corrected chi connectivity index (χ2v) is 16.9. The van der Waals surface area contributed by atoms with Crippen molar-refractivity contribution in [3.8, 4) is 0 Å². The highest BCUT2D eigenvalue weighted by Crippen LogP contribution is 2.90. The summed E-state index contributed by atoms with van der Waals surface area (Å²) in [6.07, 6.45) is -1.63. The van der Waals surface area contributed by atoms with E-state index < -0.39 is 74.6 Å². The molecule has 4 aliphatic carbocycles. The monoisotopic (exact) mass is 732 g/mol. The number of aromatic amines is 1. The number of ether oxygens (including phenoxy) is 2. The van der Waals surface area contributed by atoms with Crippen molar-refractivity contribution in [3.63, 3.8) is 0 Å². The van der Waals surface area contributed by atoms with Gasteiger partial charge >= 0.3 is 5.97 Å². The summed E-state index contributed by atoms with van der Waals surface area (Å²) in [6.45, 7) is 7.91. The molecule has 1 spiro atoms. The highest BCUT2D eigenvalue weighted by molar-refractivity contribution is 5.88. The van der Waals surface area contributed by atoms with Crippen LogP contribution in [0.4, 0.5) is 0 Å². The maximum atomic E-state index is 13.2. The Kier molecular flexibility index (Phi) is 8.31. The van der Waals surface area contributed by atoms with Gasteiger partial charge in [-0.1, -0.05) is 88.4 Å². The van der Waals surface area contributed by atoms with Crippen molar-refractivity contribution in [2.75, 3.05) is 14.1 Å². The second-order valence-electron chi connectivity index (χ2n) is 16.9. The molecule has 286 valence electrons. The van der Waals surface area contributed by atoms with Crippen molar-refractivity contribution in [2.45, 2.75) is 106 Å². The first-order valence-corrected chi connectivity index (χ1v) is 18.4. The highest BCUT2D eigenvalue weighted by Gasteiger charge is 3.10. The van der Waals surface area contributed by atoms with Gasteiger partial charge in [0, 0.05) is 32.1 Å². The third-order valence-electron chi connectivity index (χ3n) is 14.3. The molecular formula is C41H52N2O10. The summed E-state index contributed by atoms with van der Waals surface area (Å²) in [5, 5.41) is 73.9. The van der Waals surface area contributed by atoms with Crippen molar-refractivity contribution in [1.29, 1.82) is 0 Å². The number of likely N-dealkylation sites (N-methyl/N-ethyl adjacent to an activating group) is 1. The van der Waals surface area contributed by atoms with Gasteiger partial charge in [-0.3, -0.25) is 4.79 Å². The predicted octanol–water partition coefficient (Wildman–Crippen LogP) is 2.72. The molecule has 12 nitrogen and oxygen atoms in total. The zero-order valence-electron chi connectivity index (χ0n) is 31.3. The van der Waals surface area contributed by atoms with E-state index in [1.54, 1.807) is 45.8 Å². The van der Waals surface area contributed by atoms with Crippen LogP contribution in [0.15, 0.2) is 79.0 Å². The zero-order chi connectivity index (χ0) is 38.8. The normalized spacial score (nSPS) is 43.0. The maximum absolute atomic E-state index is 13.2. The lowest BCUT2D eigenvalue weighted by atomic mass is 9.52. The summed E-state index contributed by atoms with van der Waals surface area (Å²) in [7, 11) is 3.59. The fourth-order valence-corrected chi connectivity index (χ4v) is 11.6. The van der Waals surface area contributed by atoms with Gasteiger partial charge in [0.1, 0.15) is 28.1 Å². The van der Waals surface area contributed by atoms with Gasteiger partial charge in [0.15, 0.2) is 17.5 Å². The van der Waals surface area contributed by atoms with Crippen LogP contribution < -0.4 is 0 Å². The smallest absolute Gasteiger partial charge is 0.355 e. The highest BCUT2D eigenvalue weighted by atomic mass is 16.7. The Morgan fingerprint density at radius 1 is 0.906 bits per heavy atom. The van der Waals surface area contributed by atoms with Gasteiger partial charge in [-0.15, -0.1) is 0 Å². The van der Waals surface area contributed by atoms with Crippen LogP contribution in [0.3, 0.4) is 0 Å². The van der Waals surface area contributed by atoms with Crippen LogP contribution in [0, 0.1) is 22.7 Å². The van der Waals surface area contributed by atoms with E-state index in [1.165, 1.54) is 26.1 Å². The van der Waals surface area contributed by atoms with E-state index in [4.69, 9.17) is 9.47 Å². The van der Waals surface area contributed by atoms with Crippen molar-refractivity contribution in [1.82, 2.24) is 9.88 Å². The molecule has 6 aliphatic rings. The summed E-state index contributed by atoms with van der Waals surface area (Å²) < 4.78 is 12.1. The molecule has 53 heavy (non-hydrogen) atoms. The van der Waals surface area contributed by atoms with E-state index in [9.17, 15) is 40.2 Å². The fourth-order valence-electron chi connectivity index (χ4n) is 11.6. The number of carbonyl (C=O) groups is 2. The lowest BCUT2D eigenvalue weighted by Gasteiger charge is -2.60. The minimum absolute atomic E-state index is 0.0654.